The van der Waals surface area contributed by atoms with E-state index in [1.165, 1.54) is 0 Å². The van der Waals surface area contributed by atoms with Gasteiger partial charge in [-0.2, -0.15) is 0 Å². The van der Waals surface area contributed by atoms with Crippen molar-refractivity contribution in [3.8, 4) is 0 Å². The van der Waals surface area contributed by atoms with Crippen molar-refractivity contribution in [2.24, 2.45) is 5.41 Å². The van der Waals surface area contributed by atoms with Gasteiger partial charge in [-0.05, 0) is 24.7 Å². The van der Waals surface area contributed by atoms with Crippen molar-refractivity contribution in [1.29, 1.82) is 0 Å². The smallest absolute Gasteiger partial charge is 0.0620 e. The van der Waals surface area contributed by atoms with E-state index in [9.17, 15) is 0 Å². The Morgan fingerprint density at radius 2 is 2.29 bits per heavy atom. The molecular formula is C11H23NO2. The summed E-state index contributed by atoms with van der Waals surface area (Å²) in [7, 11) is 0. The summed E-state index contributed by atoms with van der Waals surface area (Å²) in [6.45, 7) is 7.55. The molecule has 0 saturated carbocycles. The molecule has 2 N–H and O–H groups in total. The molecule has 0 radical (unpaired) electrons. The lowest BCUT2D eigenvalue weighted by atomic mass is 9.87. The molecule has 1 fully saturated rings. The van der Waals surface area contributed by atoms with Crippen molar-refractivity contribution in [3.05, 3.63) is 0 Å². The van der Waals surface area contributed by atoms with Crippen LogP contribution < -0.4 is 5.32 Å². The molecule has 0 aromatic carbocycles. The van der Waals surface area contributed by atoms with Crippen LogP contribution in [0.5, 0.6) is 0 Å². The van der Waals surface area contributed by atoms with Crippen LogP contribution in [0.15, 0.2) is 0 Å². The normalized spacial score (nSPS) is 22.9. The molecule has 1 rings (SSSR count). The summed E-state index contributed by atoms with van der Waals surface area (Å²) in [6, 6.07) is 0.545. The minimum atomic E-state index is 0.283. The Morgan fingerprint density at radius 3 is 2.86 bits per heavy atom. The van der Waals surface area contributed by atoms with Crippen LogP contribution >= 0.6 is 0 Å². The summed E-state index contributed by atoms with van der Waals surface area (Å²) in [5.74, 6) is 0. The molecule has 3 heteroatoms. The monoisotopic (exact) mass is 201 g/mol. The maximum absolute atomic E-state index is 8.77. The molecule has 0 aromatic rings. The summed E-state index contributed by atoms with van der Waals surface area (Å²) in [5, 5.41) is 12.3. The van der Waals surface area contributed by atoms with Gasteiger partial charge in [0.15, 0.2) is 0 Å². The molecule has 1 atom stereocenters. The number of nitrogens with one attached hydrogen (secondary N) is 1. The first-order valence-corrected chi connectivity index (χ1v) is 5.56. The molecule has 84 valence electrons. The molecule has 0 bridgehead atoms. The molecule has 1 unspecified atom stereocenters. The lowest BCUT2D eigenvalue weighted by Crippen LogP contribution is -2.37. The van der Waals surface area contributed by atoms with Gasteiger partial charge in [-0.15, -0.1) is 0 Å². The summed E-state index contributed by atoms with van der Waals surface area (Å²) >= 11 is 0. The van der Waals surface area contributed by atoms with Crippen LogP contribution in [-0.4, -0.2) is 37.5 Å². The first-order valence-electron chi connectivity index (χ1n) is 5.56. The van der Waals surface area contributed by atoms with Crippen LogP contribution in [0.4, 0.5) is 0 Å². The van der Waals surface area contributed by atoms with Crippen molar-refractivity contribution in [2.75, 3.05) is 26.4 Å². The quantitative estimate of drug-likeness (QED) is 0.677. The minimum absolute atomic E-state index is 0.283. The number of rotatable bonds is 6. The van der Waals surface area contributed by atoms with Gasteiger partial charge in [-0.3, -0.25) is 0 Å². The van der Waals surface area contributed by atoms with Crippen LogP contribution in [0, 0.1) is 5.41 Å². The molecule has 1 aliphatic rings. The summed E-state index contributed by atoms with van der Waals surface area (Å²) in [4.78, 5) is 0. The van der Waals surface area contributed by atoms with Crippen molar-refractivity contribution in [3.63, 3.8) is 0 Å². The van der Waals surface area contributed by atoms with Gasteiger partial charge in [0.2, 0.25) is 0 Å². The highest BCUT2D eigenvalue weighted by molar-refractivity contribution is 4.77. The van der Waals surface area contributed by atoms with Crippen LogP contribution in [0.3, 0.4) is 0 Å². The summed E-state index contributed by atoms with van der Waals surface area (Å²) in [5.41, 5.74) is 0.283. The highest BCUT2D eigenvalue weighted by Gasteiger charge is 2.21. The van der Waals surface area contributed by atoms with Crippen molar-refractivity contribution in [2.45, 2.75) is 39.2 Å². The first kappa shape index (κ1) is 12.0. The molecular weight excluding hydrogens is 178 g/mol. The van der Waals surface area contributed by atoms with Gasteiger partial charge in [0.1, 0.15) is 0 Å². The Morgan fingerprint density at radius 1 is 1.50 bits per heavy atom. The third kappa shape index (κ3) is 4.40. The molecule has 1 saturated heterocycles. The van der Waals surface area contributed by atoms with Gasteiger partial charge in [-0.25, -0.2) is 0 Å². The molecule has 14 heavy (non-hydrogen) atoms. The van der Waals surface area contributed by atoms with E-state index in [1.54, 1.807) is 0 Å². The second-order valence-corrected chi connectivity index (χ2v) is 4.93. The second kappa shape index (κ2) is 5.69. The fourth-order valence-electron chi connectivity index (χ4n) is 1.76. The van der Waals surface area contributed by atoms with Gasteiger partial charge in [0.05, 0.1) is 6.61 Å². The topological polar surface area (TPSA) is 41.5 Å². The fourth-order valence-corrected chi connectivity index (χ4v) is 1.76. The van der Waals surface area contributed by atoms with E-state index >= 15 is 0 Å². The highest BCUT2D eigenvalue weighted by Crippen LogP contribution is 2.21. The lowest BCUT2D eigenvalue weighted by Gasteiger charge is -2.26. The molecule has 1 heterocycles. The van der Waals surface area contributed by atoms with Crippen molar-refractivity contribution < 1.29 is 9.84 Å². The lowest BCUT2D eigenvalue weighted by molar-refractivity contribution is 0.184. The third-order valence-electron chi connectivity index (χ3n) is 2.81. The van der Waals surface area contributed by atoms with Crippen LogP contribution in [-0.2, 0) is 4.74 Å². The predicted molar refractivity (Wildman–Crippen MR) is 57.3 cm³/mol. The average molecular weight is 201 g/mol. The zero-order valence-corrected chi connectivity index (χ0v) is 9.38. The molecule has 3 nitrogen and oxygen atoms in total. The van der Waals surface area contributed by atoms with Crippen LogP contribution in [0.25, 0.3) is 0 Å². The van der Waals surface area contributed by atoms with E-state index in [0.29, 0.717) is 12.6 Å². The summed E-state index contributed by atoms with van der Waals surface area (Å²) < 4.78 is 5.30. The Labute approximate surface area is 86.8 Å². The second-order valence-electron chi connectivity index (χ2n) is 4.93. The fraction of sp³-hybridized carbons (Fsp3) is 1.00. The number of aliphatic hydroxyl groups is 1. The van der Waals surface area contributed by atoms with Gasteiger partial charge in [0.25, 0.3) is 0 Å². The molecule has 0 aromatic heterocycles. The van der Waals surface area contributed by atoms with Gasteiger partial charge in [0, 0.05) is 25.8 Å². The van der Waals surface area contributed by atoms with Crippen molar-refractivity contribution in [1.82, 2.24) is 5.32 Å². The van der Waals surface area contributed by atoms with E-state index in [0.717, 1.165) is 39.0 Å². The molecule has 0 spiro atoms. The van der Waals surface area contributed by atoms with Crippen LogP contribution in [0.2, 0.25) is 0 Å². The van der Waals surface area contributed by atoms with E-state index in [4.69, 9.17) is 9.84 Å². The molecule has 0 amide bonds. The Hall–Kier alpha value is -0.120. The highest BCUT2D eigenvalue weighted by atomic mass is 16.5. The Kier molecular flexibility index (Phi) is 4.85. The SMILES string of the molecule is CC(C)(CCCO)CNC1CCOC1. The van der Waals surface area contributed by atoms with E-state index in [2.05, 4.69) is 19.2 Å². The van der Waals surface area contributed by atoms with Gasteiger partial charge in [-0.1, -0.05) is 13.8 Å². The molecule has 1 aliphatic heterocycles. The zero-order valence-electron chi connectivity index (χ0n) is 9.38. The summed E-state index contributed by atoms with van der Waals surface area (Å²) in [6.07, 6.45) is 3.11. The Bertz CT molecular complexity index is 153. The van der Waals surface area contributed by atoms with E-state index in [-0.39, 0.29) is 5.41 Å². The Balaban J connectivity index is 2.14. The minimum Gasteiger partial charge on any atom is -0.396 e. The third-order valence-corrected chi connectivity index (χ3v) is 2.81. The number of aliphatic hydroxyl groups excluding tert-OH is 1. The number of hydrogen-bond donors (Lipinski definition) is 2. The maximum Gasteiger partial charge on any atom is 0.0620 e. The number of ether oxygens (including phenoxy) is 1. The van der Waals surface area contributed by atoms with Gasteiger partial charge < -0.3 is 15.2 Å². The maximum atomic E-state index is 8.77. The van der Waals surface area contributed by atoms with Crippen LogP contribution in [0.1, 0.15) is 33.1 Å². The van der Waals surface area contributed by atoms with E-state index in [1.807, 2.05) is 0 Å². The van der Waals surface area contributed by atoms with Crippen molar-refractivity contribution >= 4 is 0 Å². The van der Waals surface area contributed by atoms with Gasteiger partial charge >= 0.3 is 0 Å². The average Bonchev–Trinajstić information content (AvgIpc) is 2.64. The standard InChI is InChI=1S/C11H23NO2/c1-11(2,5-3-6-13)9-12-10-4-7-14-8-10/h10,12-13H,3-9H2,1-2H3. The zero-order chi connectivity index (χ0) is 10.4. The van der Waals surface area contributed by atoms with E-state index < -0.39 is 0 Å². The number of hydrogen-bond acceptors (Lipinski definition) is 3. The first-order chi connectivity index (χ1) is 6.64. The largest absolute Gasteiger partial charge is 0.396 e. The predicted octanol–water partition coefficient (Wildman–Crippen LogP) is 1.16. The molecule has 0 aliphatic carbocycles.